The van der Waals surface area contributed by atoms with Gasteiger partial charge in [-0.15, -0.1) is 0 Å². The van der Waals surface area contributed by atoms with Gasteiger partial charge in [-0.1, -0.05) is 65.7 Å². The van der Waals surface area contributed by atoms with Gasteiger partial charge in [-0.25, -0.2) is 9.79 Å². The van der Waals surface area contributed by atoms with Crippen LogP contribution in [0.2, 0.25) is 10.0 Å². The zero-order chi connectivity index (χ0) is 26.6. The van der Waals surface area contributed by atoms with Crippen LogP contribution in [0, 0.1) is 0 Å². The number of guanidine groups is 1. The molecule has 10 heteroatoms. The Morgan fingerprint density at radius 2 is 1.76 bits per heavy atom. The molecular formula is C27H27Cl2N5O3. The van der Waals surface area contributed by atoms with Crippen molar-refractivity contribution in [2.24, 2.45) is 10.7 Å². The number of amides is 3. The Morgan fingerprint density at radius 3 is 2.49 bits per heavy atom. The summed E-state index contributed by atoms with van der Waals surface area (Å²) in [7, 11) is 1.60. The van der Waals surface area contributed by atoms with Crippen molar-refractivity contribution < 1.29 is 14.3 Å². The number of nitrogens with two attached hydrogens (primary N) is 1. The normalized spacial score (nSPS) is 16.9. The molecular weight excluding hydrogens is 513 g/mol. The molecule has 8 nitrogen and oxygen atoms in total. The predicted octanol–water partition coefficient (Wildman–Crippen LogP) is 4.98. The molecule has 4 rings (SSSR count). The first kappa shape index (κ1) is 26.3. The van der Waals surface area contributed by atoms with Crippen molar-refractivity contribution in [2.75, 3.05) is 12.4 Å². The topological polar surface area (TPSA) is 109 Å². The highest BCUT2D eigenvalue weighted by molar-refractivity contribution is 6.43. The van der Waals surface area contributed by atoms with Crippen LogP contribution < -0.4 is 21.1 Å². The molecule has 1 unspecified atom stereocenters. The van der Waals surface area contributed by atoms with Crippen LogP contribution in [0.1, 0.15) is 23.6 Å². The first-order valence-corrected chi connectivity index (χ1v) is 12.3. The van der Waals surface area contributed by atoms with Gasteiger partial charge in [0.2, 0.25) is 0 Å². The molecule has 0 spiro atoms. The smallest absolute Gasteiger partial charge is 0.319 e. The quantitative estimate of drug-likeness (QED) is 0.374. The Balaban J connectivity index is 1.33. The van der Waals surface area contributed by atoms with E-state index in [1.807, 2.05) is 48.5 Å². The highest BCUT2D eigenvalue weighted by Gasteiger charge is 2.43. The molecule has 0 saturated carbocycles. The van der Waals surface area contributed by atoms with Crippen LogP contribution in [0.25, 0.3) is 0 Å². The second-order valence-electron chi connectivity index (χ2n) is 8.89. The van der Waals surface area contributed by atoms with Gasteiger partial charge in [0.25, 0.3) is 5.91 Å². The number of hydrogen-bond acceptors (Lipinski definition) is 5. The molecule has 37 heavy (non-hydrogen) atoms. The van der Waals surface area contributed by atoms with Gasteiger partial charge in [-0.2, -0.15) is 0 Å². The highest BCUT2D eigenvalue weighted by Crippen LogP contribution is 2.30. The SMILES string of the molecule is COc1cccc(CC2(C)N=C(N)N(Cc3ccc(CNC(=O)Nc4cccc(Cl)c4Cl)cc3)C2=O)c1. The van der Waals surface area contributed by atoms with Crippen molar-refractivity contribution in [3.8, 4) is 5.75 Å². The third-order valence-electron chi connectivity index (χ3n) is 6.04. The third kappa shape index (κ3) is 6.15. The minimum absolute atomic E-state index is 0.157. The minimum Gasteiger partial charge on any atom is -0.497 e. The summed E-state index contributed by atoms with van der Waals surface area (Å²) >= 11 is 12.1. The predicted molar refractivity (Wildman–Crippen MR) is 146 cm³/mol. The van der Waals surface area contributed by atoms with Gasteiger partial charge in [-0.3, -0.25) is 9.69 Å². The van der Waals surface area contributed by atoms with Crippen molar-refractivity contribution in [3.05, 3.63) is 93.5 Å². The number of nitrogens with zero attached hydrogens (tertiary/aromatic N) is 2. The molecule has 3 amide bonds. The summed E-state index contributed by atoms with van der Waals surface area (Å²) in [6.07, 6.45) is 0.410. The highest BCUT2D eigenvalue weighted by atomic mass is 35.5. The van der Waals surface area contributed by atoms with E-state index in [1.54, 1.807) is 32.2 Å². The van der Waals surface area contributed by atoms with E-state index >= 15 is 0 Å². The summed E-state index contributed by atoms with van der Waals surface area (Å²) in [5.74, 6) is 0.757. The Bertz CT molecular complexity index is 1350. The second-order valence-corrected chi connectivity index (χ2v) is 9.67. The Hall–Kier alpha value is -3.75. The minimum atomic E-state index is -0.987. The summed E-state index contributed by atoms with van der Waals surface area (Å²) in [6, 6.07) is 19.7. The maximum Gasteiger partial charge on any atom is 0.319 e. The third-order valence-corrected chi connectivity index (χ3v) is 6.86. The van der Waals surface area contributed by atoms with Crippen molar-refractivity contribution >= 4 is 46.8 Å². The van der Waals surface area contributed by atoms with Crippen molar-refractivity contribution in [1.82, 2.24) is 10.2 Å². The standard InChI is InChI=1S/C27H27Cl2N5O3/c1-27(14-19-5-3-6-20(13-19)37-2)24(35)34(25(30)33-27)16-18-11-9-17(10-12-18)15-31-26(36)32-22-8-4-7-21(28)23(22)29/h3-13H,14-16H2,1-2H3,(H2,30,33)(H2,31,32,36). The number of hydrogen-bond donors (Lipinski definition) is 3. The Labute approximate surface area is 225 Å². The molecule has 1 heterocycles. The molecule has 1 aliphatic rings. The first-order valence-electron chi connectivity index (χ1n) is 11.6. The van der Waals surface area contributed by atoms with Crippen LogP contribution in [0.3, 0.4) is 0 Å². The number of carbonyl (C=O) groups is 2. The fourth-order valence-corrected chi connectivity index (χ4v) is 4.45. The molecule has 1 atom stereocenters. The van der Waals surface area contributed by atoms with Crippen LogP contribution in [0.5, 0.6) is 5.75 Å². The average molecular weight is 540 g/mol. The van der Waals surface area contributed by atoms with E-state index in [4.69, 9.17) is 33.7 Å². The van der Waals surface area contributed by atoms with E-state index in [9.17, 15) is 9.59 Å². The van der Waals surface area contributed by atoms with Gasteiger partial charge in [0.05, 0.1) is 29.4 Å². The van der Waals surface area contributed by atoms with E-state index < -0.39 is 11.6 Å². The number of urea groups is 1. The first-order chi connectivity index (χ1) is 17.7. The van der Waals surface area contributed by atoms with E-state index in [1.165, 1.54) is 4.90 Å². The zero-order valence-corrected chi connectivity index (χ0v) is 21.9. The lowest BCUT2D eigenvalue weighted by Crippen LogP contribution is -2.43. The number of benzene rings is 3. The molecule has 4 N–H and O–H groups in total. The summed E-state index contributed by atoms with van der Waals surface area (Å²) in [5, 5.41) is 6.10. The number of ether oxygens (including phenoxy) is 1. The Kier molecular flexibility index (Phi) is 7.90. The summed E-state index contributed by atoms with van der Waals surface area (Å²) in [6.45, 7) is 2.39. The fraction of sp³-hybridized carbons (Fsp3) is 0.222. The monoisotopic (exact) mass is 539 g/mol. The number of carbonyl (C=O) groups excluding carboxylic acids is 2. The number of aliphatic imine (C=N–C) groups is 1. The molecule has 0 radical (unpaired) electrons. The maximum absolute atomic E-state index is 13.3. The van der Waals surface area contributed by atoms with Crippen molar-refractivity contribution in [1.29, 1.82) is 0 Å². The van der Waals surface area contributed by atoms with Crippen LogP contribution in [-0.2, 0) is 24.3 Å². The van der Waals surface area contributed by atoms with E-state index in [0.29, 0.717) is 30.2 Å². The number of rotatable bonds is 8. The lowest BCUT2D eigenvalue weighted by molar-refractivity contribution is -0.131. The number of anilines is 1. The molecule has 0 saturated heterocycles. The molecule has 192 valence electrons. The number of methoxy groups -OCH3 is 1. The number of nitrogens with one attached hydrogen (secondary N) is 2. The molecule has 3 aromatic carbocycles. The summed E-state index contributed by atoms with van der Waals surface area (Å²) in [4.78, 5) is 31.5. The molecule has 0 aromatic heterocycles. The van der Waals surface area contributed by atoms with Gasteiger partial charge in [0, 0.05) is 13.0 Å². The van der Waals surface area contributed by atoms with Gasteiger partial charge in [-0.05, 0) is 47.9 Å². The van der Waals surface area contributed by atoms with Crippen molar-refractivity contribution in [2.45, 2.75) is 32.0 Å². The van der Waals surface area contributed by atoms with Crippen LogP contribution >= 0.6 is 23.2 Å². The summed E-state index contributed by atoms with van der Waals surface area (Å²) in [5.41, 5.74) is 8.30. The van der Waals surface area contributed by atoms with E-state index in [-0.39, 0.29) is 16.9 Å². The molecule has 0 aliphatic carbocycles. The molecule has 0 fully saturated rings. The van der Waals surface area contributed by atoms with E-state index in [2.05, 4.69) is 15.6 Å². The van der Waals surface area contributed by atoms with Crippen molar-refractivity contribution in [3.63, 3.8) is 0 Å². The van der Waals surface area contributed by atoms with Gasteiger partial charge in [0.15, 0.2) is 5.96 Å². The van der Waals surface area contributed by atoms with Crippen LogP contribution in [0.15, 0.2) is 71.7 Å². The van der Waals surface area contributed by atoms with Gasteiger partial charge < -0.3 is 21.1 Å². The van der Waals surface area contributed by atoms with Gasteiger partial charge in [0.1, 0.15) is 11.3 Å². The molecule has 0 bridgehead atoms. The summed E-state index contributed by atoms with van der Waals surface area (Å²) < 4.78 is 5.28. The van der Waals surface area contributed by atoms with Gasteiger partial charge >= 0.3 is 6.03 Å². The van der Waals surface area contributed by atoms with Crippen LogP contribution in [0.4, 0.5) is 10.5 Å². The molecule has 1 aliphatic heterocycles. The Morgan fingerprint density at radius 1 is 1.05 bits per heavy atom. The largest absolute Gasteiger partial charge is 0.497 e. The lowest BCUT2D eigenvalue weighted by atomic mass is 9.92. The zero-order valence-electron chi connectivity index (χ0n) is 20.4. The lowest BCUT2D eigenvalue weighted by Gasteiger charge is -2.22. The van der Waals surface area contributed by atoms with E-state index in [0.717, 1.165) is 22.4 Å². The fourth-order valence-electron chi connectivity index (χ4n) is 4.10. The average Bonchev–Trinajstić information content (AvgIpc) is 3.09. The van der Waals surface area contributed by atoms with Crippen LogP contribution in [-0.4, -0.2) is 35.4 Å². The molecule has 3 aromatic rings. The maximum atomic E-state index is 13.3. The second kappa shape index (κ2) is 11.1. The number of halogens is 2.